The average molecular weight is 293 g/mol. The van der Waals surface area contributed by atoms with Crippen LogP contribution in [0.25, 0.3) is 0 Å². The van der Waals surface area contributed by atoms with Gasteiger partial charge in [-0.15, -0.1) is 0 Å². The van der Waals surface area contributed by atoms with Gasteiger partial charge in [-0.25, -0.2) is 0 Å². The Labute approximate surface area is 109 Å². The highest BCUT2D eigenvalue weighted by Crippen LogP contribution is 2.19. The van der Waals surface area contributed by atoms with Crippen molar-refractivity contribution in [2.45, 2.75) is 13.2 Å². The van der Waals surface area contributed by atoms with Crippen molar-refractivity contribution in [3.63, 3.8) is 0 Å². The molecule has 0 aromatic heterocycles. The number of aliphatic hydroxyl groups is 1. The lowest BCUT2D eigenvalue weighted by Gasteiger charge is -2.07. The van der Waals surface area contributed by atoms with Crippen molar-refractivity contribution >= 4 is 15.9 Å². The summed E-state index contributed by atoms with van der Waals surface area (Å²) in [6.45, 7) is 0.606. The molecule has 17 heavy (non-hydrogen) atoms. The molecule has 88 valence electrons. The van der Waals surface area contributed by atoms with E-state index in [-0.39, 0.29) is 6.61 Å². The van der Waals surface area contributed by atoms with Crippen LogP contribution in [0.4, 0.5) is 0 Å². The van der Waals surface area contributed by atoms with Gasteiger partial charge in [0.2, 0.25) is 0 Å². The number of halogens is 1. The van der Waals surface area contributed by atoms with Crippen molar-refractivity contribution < 1.29 is 9.84 Å². The maximum absolute atomic E-state index is 8.93. The van der Waals surface area contributed by atoms with Crippen LogP contribution in [0, 0.1) is 0 Å². The molecular formula is C14H13BrO2. The fourth-order valence-corrected chi connectivity index (χ4v) is 1.84. The van der Waals surface area contributed by atoms with Gasteiger partial charge in [0.25, 0.3) is 0 Å². The Kier molecular flexibility index (Phi) is 4.18. The van der Waals surface area contributed by atoms with Gasteiger partial charge in [-0.05, 0) is 29.3 Å². The molecule has 2 aromatic carbocycles. The van der Waals surface area contributed by atoms with Gasteiger partial charge in [0.15, 0.2) is 0 Å². The molecule has 0 unspecified atom stereocenters. The Morgan fingerprint density at radius 1 is 1.00 bits per heavy atom. The van der Waals surface area contributed by atoms with Crippen molar-refractivity contribution in [2.24, 2.45) is 0 Å². The summed E-state index contributed by atoms with van der Waals surface area (Å²) in [5.74, 6) is 0.839. The number of aliphatic hydroxyl groups excluding tert-OH is 1. The van der Waals surface area contributed by atoms with Gasteiger partial charge in [0, 0.05) is 4.47 Å². The van der Waals surface area contributed by atoms with E-state index in [2.05, 4.69) is 15.9 Å². The second-order valence-electron chi connectivity index (χ2n) is 3.72. The van der Waals surface area contributed by atoms with E-state index in [9.17, 15) is 0 Å². The highest BCUT2D eigenvalue weighted by Gasteiger charge is 1.97. The van der Waals surface area contributed by atoms with Crippen LogP contribution in [0.2, 0.25) is 0 Å². The van der Waals surface area contributed by atoms with Crippen molar-refractivity contribution in [2.75, 3.05) is 0 Å². The van der Waals surface area contributed by atoms with Crippen molar-refractivity contribution in [1.82, 2.24) is 0 Å². The lowest BCUT2D eigenvalue weighted by Crippen LogP contribution is -1.95. The standard InChI is InChI=1S/C14H13BrO2/c15-13-2-1-3-14(8-13)17-10-12-6-4-11(9-16)5-7-12/h1-8,16H,9-10H2. The fourth-order valence-electron chi connectivity index (χ4n) is 1.46. The number of hydrogen-bond acceptors (Lipinski definition) is 2. The summed E-state index contributed by atoms with van der Waals surface area (Å²) in [6, 6.07) is 15.5. The first-order valence-corrected chi connectivity index (χ1v) is 6.14. The Hall–Kier alpha value is -1.32. The zero-order chi connectivity index (χ0) is 12.1. The largest absolute Gasteiger partial charge is 0.489 e. The lowest BCUT2D eigenvalue weighted by molar-refractivity contribution is 0.281. The van der Waals surface area contributed by atoms with E-state index in [0.29, 0.717) is 6.61 Å². The van der Waals surface area contributed by atoms with Gasteiger partial charge in [-0.3, -0.25) is 0 Å². The van der Waals surface area contributed by atoms with E-state index < -0.39 is 0 Å². The predicted molar refractivity (Wildman–Crippen MR) is 70.8 cm³/mol. The molecule has 0 aliphatic rings. The predicted octanol–water partition coefficient (Wildman–Crippen LogP) is 3.52. The summed E-state index contributed by atoms with van der Waals surface area (Å²) in [6.07, 6.45) is 0. The van der Waals surface area contributed by atoms with Crippen LogP contribution in [0.5, 0.6) is 5.75 Å². The molecule has 2 rings (SSSR count). The van der Waals surface area contributed by atoms with Gasteiger partial charge in [0.05, 0.1) is 6.61 Å². The molecular weight excluding hydrogens is 280 g/mol. The first-order valence-electron chi connectivity index (χ1n) is 5.35. The molecule has 0 amide bonds. The fraction of sp³-hybridized carbons (Fsp3) is 0.143. The van der Waals surface area contributed by atoms with E-state index >= 15 is 0 Å². The van der Waals surface area contributed by atoms with Gasteiger partial charge in [-0.1, -0.05) is 46.3 Å². The summed E-state index contributed by atoms with van der Waals surface area (Å²) < 4.78 is 6.66. The molecule has 1 N–H and O–H groups in total. The molecule has 3 heteroatoms. The summed E-state index contributed by atoms with van der Waals surface area (Å²) in [5.41, 5.74) is 2.00. The molecule has 0 saturated heterocycles. The van der Waals surface area contributed by atoms with E-state index in [0.717, 1.165) is 21.3 Å². The molecule has 0 spiro atoms. The Morgan fingerprint density at radius 2 is 1.71 bits per heavy atom. The molecule has 0 atom stereocenters. The first kappa shape index (κ1) is 12.1. The number of hydrogen-bond donors (Lipinski definition) is 1. The maximum atomic E-state index is 8.93. The summed E-state index contributed by atoms with van der Waals surface area (Å²) in [7, 11) is 0. The SMILES string of the molecule is OCc1ccc(COc2cccc(Br)c2)cc1. The molecule has 0 aliphatic heterocycles. The molecule has 0 radical (unpaired) electrons. The molecule has 2 aromatic rings. The maximum Gasteiger partial charge on any atom is 0.120 e. The number of rotatable bonds is 4. The molecule has 0 fully saturated rings. The van der Waals surface area contributed by atoms with Crippen LogP contribution in [0.1, 0.15) is 11.1 Å². The molecule has 2 nitrogen and oxygen atoms in total. The lowest BCUT2D eigenvalue weighted by atomic mass is 10.1. The van der Waals surface area contributed by atoms with Gasteiger partial charge in [-0.2, -0.15) is 0 Å². The van der Waals surface area contributed by atoms with Crippen molar-refractivity contribution in [1.29, 1.82) is 0 Å². The van der Waals surface area contributed by atoms with Gasteiger partial charge < -0.3 is 9.84 Å². The zero-order valence-electron chi connectivity index (χ0n) is 9.27. The van der Waals surface area contributed by atoms with Crippen molar-refractivity contribution in [3.8, 4) is 5.75 Å². The smallest absolute Gasteiger partial charge is 0.120 e. The monoisotopic (exact) mass is 292 g/mol. The number of ether oxygens (including phenoxy) is 1. The van der Waals surface area contributed by atoms with Gasteiger partial charge in [0.1, 0.15) is 12.4 Å². The quantitative estimate of drug-likeness (QED) is 0.934. The average Bonchev–Trinajstić information content (AvgIpc) is 2.37. The number of benzene rings is 2. The van der Waals surface area contributed by atoms with E-state index in [1.807, 2.05) is 48.5 Å². The van der Waals surface area contributed by atoms with Crippen LogP contribution >= 0.6 is 15.9 Å². The second kappa shape index (κ2) is 5.84. The third kappa shape index (κ3) is 3.58. The third-order valence-corrected chi connectivity index (χ3v) is 2.90. The minimum atomic E-state index is 0.0762. The van der Waals surface area contributed by atoms with Crippen LogP contribution in [-0.4, -0.2) is 5.11 Å². The van der Waals surface area contributed by atoms with E-state index in [1.54, 1.807) is 0 Å². The molecule has 0 aliphatic carbocycles. The van der Waals surface area contributed by atoms with E-state index in [1.165, 1.54) is 0 Å². The van der Waals surface area contributed by atoms with Crippen LogP contribution in [-0.2, 0) is 13.2 Å². The summed E-state index contributed by atoms with van der Waals surface area (Å²) in [4.78, 5) is 0. The summed E-state index contributed by atoms with van der Waals surface area (Å²) in [5, 5.41) is 8.93. The van der Waals surface area contributed by atoms with Gasteiger partial charge >= 0.3 is 0 Å². The highest BCUT2D eigenvalue weighted by atomic mass is 79.9. The van der Waals surface area contributed by atoms with E-state index in [4.69, 9.17) is 9.84 Å². The molecule has 0 saturated carbocycles. The van der Waals surface area contributed by atoms with Crippen LogP contribution in [0.3, 0.4) is 0 Å². The molecule has 0 bridgehead atoms. The first-order chi connectivity index (χ1) is 8.28. The second-order valence-corrected chi connectivity index (χ2v) is 4.64. The minimum absolute atomic E-state index is 0.0762. The topological polar surface area (TPSA) is 29.5 Å². The minimum Gasteiger partial charge on any atom is -0.489 e. The van der Waals surface area contributed by atoms with Crippen LogP contribution in [0.15, 0.2) is 53.0 Å². The van der Waals surface area contributed by atoms with Crippen LogP contribution < -0.4 is 4.74 Å². The third-order valence-electron chi connectivity index (χ3n) is 2.41. The Morgan fingerprint density at radius 3 is 2.35 bits per heavy atom. The zero-order valence-corrected chi connectivity index (χ0v) is 10.9. The summed E-state index contributed by atoms with van der Waals surface area (Å²) >= 11 is 3.40. The normalized spacial score (nSPS) is 10.2. The Bertz CT molecular complexity index is 480. The van der Waals surface area contributed by atoms with Crippen molar-refractivity contribution in [3.05, 3.63) is 64.1 Å². The molecule has 0 heterocycles. The Balaban J connectivity index is 1.97. The highest BCUT2D eigenvalue weighted by molar-refractivity contribution is 9.10.